The molecule has 175 valence electrons. The second kappa shape index (κ2) is 17.4. The van der Waals surface area contributed by atoms with E-state index in [1.807, 2.05) is 0 Å². The van der Waals surface area contributed by atoms with Gasteiger partial charge in [0, 0.05) is 0 Å². The molecule has 4 rings (SSSR count). The van der Waals surface area contributed by atoms with Gasteiger partial charge in [-0.3, -0.25) is 0 Å². The number of halogens is 2. The van der Waals surface area contributed by atoms with Crippen LogP contribution in [0.5, 0.6) is 0 Å². The van der Waals surface area contributed by atoms with Crippen LogP contribution in [-0.2, 0) is 19.2 Å². The maximum Gasteiger partial charge on any atom is -0.0226 e. The van der Waals surface area contributed by atoms with Gasteiger partial charge in [0.15, 0.2) is 0 Å². The van der Waals surface area contributed by atoms with Gasteiger partial charge in [0.25, 0.3) is 0 Å². The maximum absolute atomic E-state index is 3.24. The SMILES string of the molecule is CCCCP(c1ccccc1)c1cc[c]([Pd+2])cc1.[Cl-].[Cl-].c1ccc(Pc2ccccc2)cc1. The molecule has 0 radical (unpaired) electrons. The fraction of sp³-hybridized carbons (Fsp3) is 0.143. The molecule has 0 aromatic heterocycles. The molecule has 0 aliphatic carbocycles. The third-order valence-corrected chi connectivity index (χ3v) is 9.13. The summed E-state index contributed by atoms with van der Waals surface area (Å²) in [5.74, 6) is 0. The molecule has 0 fully saturated rings. The molecule has 0 bridgehead atoms. The fourth-order valence-electron chi connectivity index (χ4n) is 3.15. The predicted molar refractivity (Wildman–Crippen MR) is 139 cm³/mol. The Hall–Kier alpha value is -1.02. The zero-order valence-corrected chi connectivity index (χ0v) is 23.6. The van der Waals surface area contributed by atoms with E-state index >= 15 is 0 Å². The van der Waals surface area contributed by atoms with Crippen molar-refractivity contribution in [3.8, 4) is 0 Å². The molecule has 0 saturated carbocycles. The zero-order chi connectivity index (χ0) is 21.7. The summed E-state index contributed by atoms with van der Waals surface area (Å²) in [6.45, 7) is 2.27. The largest absolute Gasteiger partial charge is 1.00 e. The first-order valence-corrected chi connectivity index (χ1v) is 14.0. The van der Waals surface area contributed by atoms with Gasteiger partial charge in [-0.05, 0) is 10.6 Å². The van der Waals surface area contributed by atoms with E-state index in [4.69, 9.17) is 0 Å². The third-order valence-electron chi connectivity index (χ3n) is 4.76. The molecular formula is C28H29Cl2P2Pd. The van der Waals surface area contributed by atoms with Crippen LogP contribution in [-0.4, -0.2) is 6.16 Å². The average molecular weight is 605 g/mol. The summed E-state index contributed by atoms with van der Waals surface area (Å²) in [6.07, 6.45) is 3.86. The van der Waals surface area contributed by atoms with E-state index < -0.39 is 0 Å². The van der Waals surface area contributed by atoms with Crippen molar-refractivity contribution in [2.45, 2.75) is 19.8 Å². The summed E-state index contributed by atoms with van der Waals surface area (Å²) in [5, 5.41) is 5.77. The summed E-state index contributed by atoms with van der Waals surface area (Å²) in [4.78, 5) is 0. The molecular weight excluding hydrogens is 576 g/mol. The van der Waals surface area contributed by atoms with Crippen molar-refractivity contribution in [1.29, 1.82) is 0 Å². The van der Waals surface area contributed by atoms with E-state index in [9.17, 15) is 0 Å². The molecule has 1 unspecified atom stereocenters. The van der Waals surface area contributed by atoms with Gasteiger partial charge in [0.1, 0.15) is 0 Å². The van der Waals surface area contributed by atoms with Gasteiger partial charge in [-0.1, -0.05) is 69.2 Å². The van der Waals surface area contributed by atoms with Crippen LogP contribution in [0, 0.1) is 0 Å². The number of benzene rings is 4. The molecule has 0 heterocycles. The van der Waals surface area contributed by atoms with Crippen molar-refractivity contribution in [1.82, 2.24) is 0 Å². The maximum atomic E-state index is 3.24. The third kappa shape index (κ3) is 10.8. The minimum absolute atomic E-state index is 0. The Morgan fingerprint density at radius 2 is 1.03 bits per heavy atom. The molecule has 0 spiro atoms. The summed E-state index contributed by atoms with van der Waals surface area (Å²) in [6, 6.07) is 41.0. The summed E-state index contributed by atoms with van der Waals surface area (Å²) < 4.78 is 1.19. The van der Waals surface area contributed by atoms with Crippen LogP contribution in [0.2, 0.25) is 0 Å². The Labute approximate surface area is 225 Å². The van der Waals surface area contributed by atoms with E-state index in [0.29, 0.717) is 0 Å². The minimum atomic E-state index is -0.186. The Morgan fingerprint density at radius 3 is 1.48 bits per heavy atom. The molecule has 0 aliphatic rings. The van der Waals surface area contributed by atoms with E-state index in [0.717, 1.165) is 8.58 Å². The van der Waals surface area contributed by atoms with E-state index in [-0.39, 0.29) is 32.7 Å². The normalized spacial score (nSPS) is 10.6. The van der Waals surface area contributed by atoms with Crippen molar-refractivity contribution < 1.29 is 44.0 Å². The number of hydrogen-bond donors (Lipinski definition) is 0. The summed E-state index contributed by atoms with van der Waals surface area (Å²) >= 11 is 3.24. The molecule has 1 atom stereocenters. The van der Waals surface area contributed by atoms with Gasteiger partial charge in [-0.15, -0.1) is 0 Å². The monoisotopic (exact) mass is 603 g/mol. The van der Waals surface area contributed by atoms with Crippen molar-refractivity contribution in [3.63, 3.8) is 0 Å². The Morgan fingerprint density at radius 1 is 0.606 bits per heavy atom. The average Bonchev–Trinajstić information content (AvgIpc) is 2.83. The number of rotatable bonds is 7. The van der Waals surface area contributed by atoms with Crippen LogP contribution in [0.4, 0.5) is 0 Å². The van der Waals surface area contributed by atoms with Crippen molar-refractivity contribution in [3.05, 3.63) is 115 Å². The smallest absolute Gasteiger partial charge is 0.0226 e. The van der Waals surface area contributed by atoms with Gasteiger partial charge in [-0.2, -0.15) is 0 Å². The van der Waals surface area contributed by atoms with Crippen LogP contribution in [0.3, 0.4) is 0 Å². The molecule has 4 aromatic carbocycles. The van der Waals surface area contributed by atoms with Gasteiger partial charge in [0.05, 0.1) is 0 Å². The second-order valence-corrected chi connectivity index (χ2v) is 11.8. The topological polar surface area (TPSA) is 0 Å². The van der Waals surface area contributed by atoms with Crippen molar-refractivity contribution >= 4 is 41.8 Å². The van der Waals surface area contributed by atoms with Crippen molar-refractivity contribution in [2.75, 3.05) is 6.16 Å². The molecule has 0 amide bonds. The van der Waals surface area contributed by atoms with Crippen LogP contribution in [0.15, 0.2) is 115 Å². The van der Waals surface area contributed by atoms with Gasteiger partial charge < -0.3 is 24.8 Å². The predicted octanol–water partition coefficient (Wildman–Crippen LogP) is -0.585. The standard InChI is InChI=1S/C16H18P.C12H11P.2ClH.Pd/c1-2-3-14-17(15-10-6-4-7-11-15)16-12-8-5-9-13-16;1-3-7-11(8-4-1)13-12-9-5-2-6-10-12;;;/h4,6-13H,2-3,14H2,1H3;1-10,13H;2*1H;/q;;;;+2/p-2. The second-order valence-electron chi connectivity index (χ2n) is 7.14. The van der Waals surface area contributed by atoms with Gasteiger partial charge >= 0.3 is 122 Å². The van der Waals surface area contributed by atoms with Crippen LogP contribution < -0.4 is 50.1 Å². The first-order chi connectivity index (χ1) is 15.3. The fourth-order valence-corrected chi connectivity index (χ4v) is 6.95. The molecule has 0 aliphatic heterocycles. The first-order valence-electron chi connectivity index (χ1n) is 10.7. The van der Waals surface area contributed by atoms with E-state index in [1.165, 1.54) is 44.3 Å². The van der Waals surface area contributed by atoms with Crippen LogP contribution in [0.25, 0.3) is 0 Å². The minimum Gasteiger partial charge on any atom is -1.00 e. The van der Waals surface area contributed by atoms with Crippen LogP contribution in [0.1, 0.15) is 19.8 Å². The molecule has 0 nitrogen and oxygen atoms in total. The number of unbranched alkanes of at least 4 members (excludes halogenated alkanes) is 1. The Kier molecular flexibility index (Phi) is 15.8. The Balaban J connectivity index is 0.000000324. The van der Waals surface area contributed by atoms with Crippen molar-refractivity contribution in [2.24, 2.45) is 0 Å². The molecule has 0 N–H and O–H groups in total. The first kappa shape index (κ1) is 30.0. The molecule has 4 aromatic rings. The zero-order valence-electron chi connectivity index (χ0n) is 18.6. The summed E-state index contributed by atoms with van der Waals surface area (Å²) in [7, 11) is 0.591. The van der Waals surface area contributed by atoms with Crippen LogP contribution >= 0.6 is 16.5 Å². The van der Waals surface area contributed by atoms with Gasteiger partial charge in [0.2, 0.25) is 0 Å². The van der Waals surface area contributed by atoms with Gasteiger partial charge in [-0.25, -0.2) is 0 Å². The number of hydrogen-bond acceptors (Lipinski definition) is 0. The summed E-state index contributed by atoms with van der Waals surface area (Å²) in [5.41, 5.74) is 0. The molecule has 5 heteroatoms. The van der Waals surface area contributed by atoms with E-state index in [1.54, 1.807) is 0 Å². The Bertz CT molecular complexity index is 961. The quantitative estimate of drug-likeness (QED) is 0.196. The van der Waals surface area contributed by atoms with E-state index in [2.05, 4.69) is 141 Å². The molecule has 33 heavy (non-hydrogen) atoms. The molecule has 0 saturated heterocycles.